The van der Waals surface area contributed by atoms with Gasteiger partial charge >= 0.3 is 19.8 Å². The van der Waals surface area contributed by atoms with E-state index in [1.165, 1.54) is 64.2 Å². The van der Waals surface area contributed by atoms with Crippen LogP contribution in [0.3, 0.4) is 0 Å². The van der Waals surface area contributed by atoms with Gasteiger partial charge in [0.15, 0.2) is 0 Å². The van der Waals surface area contributed by atoms with Crippen LogP contribution in [0.4, 0.5) is 0 Å². The summed E-state index contributed by atoms with van der Waals surface area (Å²) < 4.78 is 33.3. The van der Waals surface area contributed by atoms with Crippen molar-refractivity contribution in [3.8, 4) is 0 Å². The summed E-state index contributed by atoms with van der Waals surface area (Å²) in [6, 6.07) is -1.48. The average Bonchev–Trinajstić information content (AvgIpc) is 3.18. The fourth-order valence-electron chi connectivity index (χ4n) is 5.57. The standard InChI is InChI=1S/C45H80NO9P/c1-3-5-7-9-11-13-15-17-19-20-21-22-23-24-26-28-30-32-34-36-38-52-39-42(40-53-56(50,51)54-41-43(46)45(48)49)55-44(47)37-35-33-31-29-27-25-18-16-14-12-10-8-6-4-2/h10-13,16-19,21-22,42-43H,3-9,14-15,20,23-41,46H2,1-2H3,(H,48,49)(H,50,51)/b12-10-,13-11-,18-16-,19-17-,22-21-. The number of rotatable bonds is 41. The van der Waals surface area contributed by atoms with Crippen LogP contribution in [-0.4, -0.2) is 60.5 Å². The number of hydrogen-bond donors (Lipinski definition) is 3. The molecule has 0 aromatic rings. The third kappa shape index (κ3) is 39.9. The first kappa shape index (κ1) is 53.7. The smallest absolute Gasteiger partial charge is 0.472 e. The monoisotopic (exact) mass is 810 g/mol. The van der Waals surface area contributed by atoms with Gasteiger partial charge in [0.25, 0.3) is 0 Å². The number of carbonyl (C=O) groups is 2. The molecule has 0 fully saturated rings. The van der Waals surface area contributed by atoms with Gasteiger partial charge in [-0.05, 0) is 77.0 Å². The summed E-state index contributed by atoms with van der Waals surface area (Å²) in [5, 5.41) is 8.89. The van der Waals surface area contributed by atoms with Crippen LogP contribution in [0.2, 0.25) is 0 Å². The molecule has 324 valence electrons. The molecule has 0 aliphatic carbocycles. The normalized spacial score (nSPS) is 14.5. The molecule has 3 unspecified atom stereocenters. The minimum absolute atomic E-state index is 0.00190. The highest BCUT2D eigenvalue weighted by Gasteiger charge is 2.27. The van der Waals surface area contributed by atoms with E-state index in [0.29, 0.717) is 13.0 Å². The van der Waals surface area contributed by atoms with Gasteiger partial charge in [-0.3, -0.25) is 18.6 Å². The van der Waals surface area contributed by atoms with Gasteiger partial charge in [-0.1, -0.05) is 152 Å². The molecule has 3 atom stereocenters. The van der Waals surface area contributed by atoms with Crippen molar-refractivity contribution in [1.82, 2.24) is 0 Å². The maximum Gasteiger partial charge on any atom is 0.472 e. The van der Waals surface area contributed by atoms with E-state index in [4.69, 9.17) is 29.4 Å². The summed E-state index contributed by atoms with van der Waals surface area (Å²) in [6.45, 7) is 3.76. The van der Waals surface area contributed by atoms with Crippen molar-refractivity contribution >= 4 is 19.8 Å². The lowest BCUT2D eigenvalue weighted by Crippen LogP contribution is -2.34. The largest absolute Gasteiger partial charge is 0.480 e. The zero-order chi connectivity index (χ0) is 41.2. The molecule has 10 nitrogen and oxygen atoms in total. The second kappa shape index (κ2) is 40.9. The van der Waals surface area contributed by atoms with Crippen LogP contribution in [-0.2, 0) is 32.7 Å². The number of carboxylic acids is 1. The van der Waals surface area contributed by atoms with Crippen LogP contribution in [0.1, 0.15) is 174 Å². The number of allylic oxidation sites excluding steroid dienone is 10. The van der Waals surface area contributed by atoms with Crippen LogP contribution in [0, 0.1) is 0 Å². The lowest BCUT2D eigenvalue weighted by molar-refractivity contribution is -0.154. The Morgan fingerprint density at radius 3 is 1.52 bits per heavy atom. The van der Waals surface area contributed by atoms with E-state index in [-0.39, 0.29) is 13.0 Å². The molecule has 0 saturated carbocycles. The third-order valence-electron chi connectivity index (χ3n) is 9.02. The number of carboxylic acid groups (broad SMARTS) is 1. The molecule has 0 heterocycles. The fraction of sp³-hybridized carbons (Fsp3) is 0.733. The molecule has 0 spiro atoms. The van der Waals surface area contributed by atoms with Gasteiger partial charge in [-0.2, -0.15) is 0 Å². The Balaban J connectivity index is 4.27. The molecule has 0 bridgehead atoms. The first-order valence-electron chi connectivity index (χ1n) is 21.8. The van der Waals surface area contributed by atoms with Gasteiger partial charge in [0.2, 0.25) is 0 Å². The summed E-state index contributed by atoms with van der Waals surface area (Å²) in [7, 11) is -4.62. The van der Waals surface area contributed by atoms with E-state index in [9.17, 15) is 19.0 Å². The Morgan fingerprint density at radius 2 is 1.00 bits per heavy atom. The van der Waals surface area contributed by atoms with Crippen molar-refractivity contribution in [3.05, 3.63) is 60.8 Å². The Morgan fingerprint density at radius 1 is 0.571 bits per heavy atom. The Bertz CT molecular complexity index is 1120. The molecule has 0 aliphatic heterocycles. The van der Waals surface area contributed by atoms with E-state index in [1.807, 2.05) is 0 Å². The molecule has 0 saturated heterocycles. The van der Waals surface area contributed by atoms with Gasteiger partial charge in [-0.25, -0.2) is 4.57 Å². The number of phosphoric ester groups is 1. The topological polar surface area (TPSA) is 155 Å². The van der Waals surface area contributed by atoms with E-state index in [1.54, 1.807) is 0 Å². The van der Waals surface area contributed by atoms with Gasteiger partial charge in [-0.15, -0.1) is 0 Å². The van der Waals surface area contributed by atoms with Crippen molar-refractivity contribution < 1.29 is 42.7 Å². The highest BCUT2D eigenvalue weighted by molar-refractivity contribution is 7.47. The second-order valence-electron chi connectivity index (χ2n) is 14.5. The number of ether oxygens (including phenoxy) is 2. The maximum absolute atomic E-state index is 12.6. The number of esters is 1. The molecule has 0 radical (unpaired) electrons. The van der Waals surface area contributed by atoms with Gasteiger partial charge in [0, 0.05) is 13.0 Å². The quantitative estimate of drug-likeness (QED) is 0.0235. The molecular formula is C45H80NO9P. The van der Waals surface area contributed by atoms with Gasteiger partial charge < -0.3 is 25.2 Å². The van der Waals surface area contributed by atoms with Crippen LogP contribution >= 0.6 is 7.82 Å². The van der Waals surface area contributed by atoms with Crippen molar-refractivity contribution in [3.63, 3.8) is 0 Å². The Labute approximate surface area is 341 Å². The molecule has 4 N–H and O–H groups in total. The summed E-state index contributed by atoms with van der Waals surface area (Å²) in [5.41, 5.74) is 5.35. The minimum atomic E-state index is -4.62. The van der Waals surface area contributed by atoms with E-state index < -0.39 is 45.1 Å². The zero-order valence-electron chi connectivity index (χ0n) is 35.2. The molecule has 56 heavy (non-hydrogen) atoms. The van der Waals surface area contributed by atoms with E-state index in [0.717, 1.165) is 83.5 Å². The molecular weight excluding hydrogens is 729 g/mol. The van der Waals surface area contributed by atoms with Crippen LogP contribution in [0.25, 0.3) is 0 Å². The maximum atomic E-state index is 12.6. The summed E-state index contributed by atoms with van der Waals surface area (Å²) in [4.78, 5) is 33.5. The lowest BCUT2D eigenvalue weighted by atomic mass is 10.1. The molecule has 0 aliphatic rings. The van der Waals surface area contributed by atoms with Gasteiger partial charge in [0.1, 0.15) is 12.1 Å². The Kier molecular flexibility index (Phi) is 39.2. The number of hydrogen-bond acceptors (Lipinski definition) is 8. The average molecular weight is 810 g/mol. The van der Waals surface area contributed by atoms with Crippen LogP contribution in [0.5, 0.6) is 0 Å². The fourth-order valence-corrected chi connectivity index (χ4v) is 6.34. The zero-order valence-corrected chi connectivity index (χ0v) is 36.1. The molecule has 11 heteroatoms. The van der Waals surface area contributed by atoms with Crippen molar-refractivity contribution in [1.29, 1.82) is 0 Å². The lowest BCUT2D eigenvalue weighted by Gasteiger charge is -2.20. The Hall–Kier alpha value is -2.33. The van der Waals surface area contributed by atoms with E-state index >= 15 is 0 Å². The molecule has 0 rings (SSSR count). The number of phosphoric acid groups is 1. The third-order valence-corrected chi connectivity index (χ3v) is 9.97. The predicted molar refractivity (Wildman–Crippen MR) is 231 cm³/mol. The number of aliphatic carboxylic acids is 1. The van der Waals surface area contributed by atoms with Gasteiger partial charge in [0.05, 0.1) is 19.8 Å². The van der Waals surface area contributed by atoms with E-state index in [2.05, 4.69) is 74.6 Å². The molecule has 0 amide bonds. The van der Waals surface area contributed by atoms with Crippen LogP contribution < -0.4 is 5.73 Å². The predicted octanol–water partition coefficient (Wildman–Crippen LogP) is 12.0. The molecule has 0 aromatic heterocycles. The summed E-state index contributed by atoms with van der Waals surface area (Å²) >= 11 is 0. The number of nitrogens with two attached hydrogens (primary N) is 1. The van der Waals surface area contributed by atoms with Crippen LogP contribution in [0.15, 0.2) is 60.8 Å². The second-order valence-corrected chi connectivity index (χ2v) is 15.9. The first-order chi connectivity index (χ1) is 27.2. The number of unbranched alkanes of at least 4 members (excludes halogenated alkanes) is 17. The van der Waals surface area contributed by atoms with Crippen molar-refractivity contribution in [2.45, 2.75) is 187 Å². The summed E-state index contributed by atoms with van der Waals surface area (Å²) in [5.74, 6) is -1.80. The minimum Gasteiger partial charge on any atom is -0.480 e. The summed E-state index contributed by atoms with van der Waals surface area (Å²) in [6.07, 6.45) is 48.4. The first-order valence-corrected chi connectivity index (χ1v) is 23.3. The SMILES string of the molecule is CCCC/C=C\C/C=C\CCCCCCCC(=O)OC(COCCCCCCCCC/C=C\C/C=C\C/C=C\CCCCC)COP(=O)(O)OCC(N)C(=O)O. The number of carbonyl (C=O) groups excluding carboxylic acids is 1. The van der Waals surface area contributed by atoms with Crippen molar-refractivity contribution in [2.75, 3.05) is 26.4 Å². The van der Waals surface area contributed by atoms with Crippen molar-refractivity contribution in [2.24, 2.45) is 5.73 Å². The highest BCUT2D eigenvalue weighted by Crippen LogP contribution is 2.43. The molecule has 0 aromatic carbocycles. The highest BCUT2D eigenvalue weighted by atomic mass is 31.2.